The lowest BCUT2D eigenvalue weighted by Crippen LogP contribution is -2.60. The molecule has 0 unspecified atom stereocenters. The summed E-state index contributed by atoms with van der Waals surface area (Å²) in [6, 6.07) is -12.0. The van der Waals surface area contributed by atoms with E-state index in [9.17, 15) is 139 Å². The molecule has 0 spiro atoms. The van der Waals surface area contributed by atoms with E-state index in [-0.39, 0.29) is 49.2 Å². The number of carbonyl (C=O) groups is 13. The summed E-state index contributed by atoms with van der Waals surface area (Å²) < 4.78 is 4.87. The van der Waals surface area contributed by atoms with Crippen LogP contribution in [-0.4, -0.2) is 366 Å². The number of amides is 9. The number of carboxylic acid groups (broad SMARTS) is 3. The minimum absolute atomic E-state index is 0.0423. The van der Waals surface area contributed by atoms with Crippen LogP contribution in [0.3, 0.4) is 0 Å². The molecule has 0 fully saturated rings. The Kier molecular flexibility index (Phi) is 50.3. The molecular formula is C55H96N10O33S4. The number of aliphatic carboxylic acids is 3. The van der Waals surface area contributed by atoms with E-state index in [4.69, 9.17) is 30.9 Å². The summed E-state index contributed by atoms with van der Waals surface area (Å²) in [5, 5.41) is 206. The van der Waals surface area contributed by atoms with Crippen molar-refractivity contribution >= 4 is 120 Å². The molecule has 47 heteroatoms. The van der Waals surface area contributed by atoms with E-state index in [0.29, 0.717) is 0 Å². The maximum absolute atomic E-state index is 14.6. The van der Waals surface area contributed by atoms with Gasteiger partial charge >= 0.3 is 23.9 Å². The van der Waals surface area contributed by atoms with Gasteiger partial charge in [-0.3, -0.25) is 57.5 Å². The summed E-state index contributed by atoms with van der Waals surface area (Å²) >= 11 is 0. The predicted octanol–water partition coefficient (Wildman–Crippen LogP) is -13.6. The van der Waals surface area contributed by atoms with Crippen molar-refractivity contribution in [3.63, 3.8) is 0 Å². The van der Waals surface area contributed by atoms with Gasteiger partial charge in [0.1, 0.15) is 97.8 Å². The van der Waals surface area contributed by atoms with Crippen molar-refractivity contribution in [3.05, 3.63) is 0 Å². The van der Waals surface area contributed by atoms with E-state index in [1.807, 2.05) is 0 Å². The van der Waals surface area contributed by atoms with Gasteiger partial charge in [0.15, 0.2) is 0 Å². The Bertz CT molecular complexity index is 2620. The van der Waals surface area contributed by atoms with Crippen LogP contribution in [0.1, 0.15) is 70.6 Å². The number of esters is 1. The lowest BCUT2D eigenvalue weighted by atomic mass is 10.0. The van der Waals surface area contributed by atoms with E-state index in [1.54, 1.807) is 0 Å². The van der Waals surface area contributed by atoms with E-state index in [2.05, 4.69) is 47.9 Å². The summed E-state index contributed by atoms with van der Waals surface area (Å²) in [6.45, 7) is -6.48. The summed E-state index contributed by atoms with van der Waals surface area (Å²) in [5.74, 6) is -16.7. The highest BCUT2D eigenvalue weighted by atomic mass is 33.1. The zero-order valence-corrected chi connectivity index (χ0v) is 58.1. The molecule has 0 aromatic rings. The summed E-state index contributed by atoms with van der Waals surface area (Å²) in [6.07, 6.45) is -33.6. The minimum Gasteiger partial charge on any atom is -0.481 e. The highest BCUT2D eigenvalue weighted by Crippen LogP contribution is 2.23. The van der Waals surface area contributed by atoms with Crippen LogP contribution in [0, 0.1) is 0 Å². The molecule has 0 aromatic carbocycles. The third-order valence-electron chi connectivity index (χ3n) is 14.2. The van der Waals surface area contributed by atoms with Crippen molar-refractivity contribution < 1.29 is 164 Å². The second-order valence-corrected chi connectivity index (χ2v) is 27.5. The highest BCUT2D eigenvalue weighted by Gasteiger charge is 2.37. The maximum atomic E-state index is 14.6. The average molecular weight is 1550 g/mol. The van der Waals surface area contributed by atoms with Crippen LogP contribution in [0.2, 0.25) is 0 Å². The van der Waals surface area contributed by atoms with Crippen LogP contribution in [-0.2, 0) is 67.1 Å². The largest absolute Gasteiger partial charge is 0.481 e. The van der Waals surface area contributed by atoms with Crippen LogP contribution in [0.15, 0.2) is 0 Å². The Labute approximate surface area is 597 Å². The second kappa shape index (κ2) is 53.6. The van der Waals surface area contributed by atoms with Gasteiger partial charge < -0.3 is 155 Å². The van der Waals surface area contributed by atoms with Crippen LogP contribution in [0.5, 0.6) is 0 Å². The first-order valence-electron chi connectivity index (χ1n) is 31.2. The zero-order valence-electron chi connectivity index (χ0n) is 54.8. The second-order valence-electron chi connectivity index (χ2n) is 22.2. The quantitative estimate of drug-likeness (QED) is 0.0153. The van der Waals surface area contributed by atoms with Gasteiger partial charge in [-0.2, -0.15) is 0 Å². The number of rotatable bonds is 58. The third-order valence-corrected chi connectivity index (χ3v) is 18.9. The van der Waals surface area contributed by atoms with Gasteiger partial charge in [-0.25, -0.2) is 4.79 Å². The molecule has 0 aromatic heterocycles. The number of aliphatic hydroxyl groups excluding tert-OH is 16. The number of carboxylic acids is 3. The summed E-state index contributed by atoms with van der Waals surface area (Å²) in [7, 11) is 4.15. The number of hydrogen-bond donors (Lipinski definition) is 29. The fourth-order valence-electron chi connectivity index (χ4n) is 8.19. The SMILES string of the molecule is NCC(=O)OCCSSCCC(=O)N[C@@H](CCC(=O)NC[C@H](O)[C@@H](O)[C@H](O)[C@H](O)CO)C(=O)N[C@@H](CCC(=O)O)C(=O)N[C@@H](CCC(=O)NC[C@H](O)[C@@H](O)[C@H](O)[C@H](O)CO)C(=O)N[C@@H](CCC(=O)O)C(=O)N[C@@H](CCC(=O)NC[C@H](O)[C@@H](O)[C@H](O)[C@H](O)CO)C(=O)N[C@@H](CSSCCO)C(=O)O. The van der Waals surface area contributed by atoms with Crippen molar-refractivity contribution in [1.29, 1.82) is 0 Å². The van der Waals surface area contributed by atoms with Gasteiger partial charge in [-0.05, 0) is 32.1 Å². The molecule has 0 aliphatic rings. The van der Waals surface area contributed by atoms with Crippen molar-refractivity contribution in [2.75, 3.05) is 82.2 Å². The highest BCUT2D eigenvalue weighted by molar-refractivity contribution is 8.77. The van der Waals surface area contributed by atoms with Crippen LogP contribution < -0.4 is 53.6 Å². The monoisotopic (exact) mass is 1550 g/mol. The molecule has 0 saturated carbocycles. The Hall–Kier alpha value is -6.17. The molecule has 0 bridgehead atoms. The molecule has 102 heavy (non-hydrogen) atoms. The van der Waals surface area contributed by atoms with E-state index >= 15 is 0 Å². The standard InChI is InChI=1S/C55H96N10O33S4/c56-17-43(84)98-13-16-101-99-14-11-40(79)60-25(1-6-37(76)57-18-31(70)44(85)47(88)34(73)21-67)50(91)63-28(4-9-41(80)81)52(93)61-26(2-7-38(77)58-19-32(71)45(86)48(89)35(74)22-68)51(92)64-29(5-10-42(82)83)53(94)62-27(54(95)65-30(55(96)97)24-102-100-15-12-66)3-8-39(78)59-20-33(72)46(87)49(90)36(75)23-69/h25-36,44-49,66-75,85-90H,1-24,56H2,(H,57,76)(H,58,77)(H,59,78)(H,60,79)(H,61,93)(H,62,94)(H,63,91)(H,64,92)(H,65,95)(H,80,81)(H,82,83)(H,96,97)/t25-,26-,27-,28-,29-,30-,31-,32-,33-,34+,35+,36+,44+,45+,46+,47+,48+,49+/m0/s1. The molecule has 0 rings (SSSR count). The van der Waals surface area contributed by atoms with Gasteiger partial charge in [-0.15, -0.1) is 0 Å². The molecular weight excluding hydrogens is 1460 g/mol. The first kappa shape index (κ1) is 95.8. The number of carbonyl (C=O) groups excluding carboxylic acids is 10. The molecule has 0 radical (unpaired) electrons. The Morgan fingerprint density at radius 2 is 0.637 bits per heavy atom. The number of hydrogen-bond acceptors (Lipinski definition) is 35. The fourth-order valence-corrected chi connectivity index (χ4v) is 11.9. The first-order chi connectivity index (χ1) is 48.0. The van der Waals surface area contributed by atoms with Crippen molar-refractivity contribution in [3.8, 4) is 0 Å². The average Bonchev–Trinajstić information content (AvgIpc) is 0.860. The lowest BCUT2D eigenvalue weighted by Gasteiger charge is -2.28. The fraction of sp³-hybridized carbons (Fsp3) is 0.764. The summed E-state index contributed by atoms with van der Waals surface area (Å²) in [5.41, 5.74) is 5.21. The topological polar surface area (TPSA) is 750 Å². The number of nitrogens with two attached hydrogens (primary N) is 1. The Morgan fingerprint density at radius 3 is 0.941 bits per heavy atom. The van der Waals surface area contributed by atoms with Gasteiger partial charge in [0.2, 0.25) is 53.2 Å². The molecule has 43 nitrogen and oxygen atoms in total. The van der Waals surface area contributed by atoms with Crippen molar-refractivity contribution in [2.45, 2.75) is 180 Å². The zero-order chi connectivity index (χ0) is 77.8. The van der Waals surface area contributed by atoms with E-state index < -0.39 is 290 Å². The molecule has 30 N–H and O–H groups in total. The maximum Gasteiger partial charge on any atom is 0.327 e. The molecule has 9 amide bonds. The Morgan fingerprint density at radius 1 is 0.343 bits per heavy atom. The van der Waals surface area contributed by atoms with Gasteiger partial charge in [0.25, 0.3) is 0 Å². The molecule has 0 aliphatic heterocycles. The molecule has 0 aliphatic carbocycles. The van der Waals surface area contributed by atoms with Gasteiger partial charge in [0.05, 0.1) is 51.3 Å². The van der Waals surface area contributed by atoms with Crippen LogP contribution in [0.4, 0.5) is 0 Å². The van der Waals surface area contributed by atoms with Crippen molar-refractivity contribution in [2.24, 2.45) is 5.73 Å². The minimum atomic E-state index is -2.20. The predicted molar refractivity (Wildman–Crippen MR) is 355 cm³/mol. The normalized spacial score (nSPS) is 16.7. The van der Waals surface area contributed by atoms with Crippen molar-refractivity contribution in [1.82, 2.24) is 47.9 Å². The molecule has 18 atom stereocenters. The number of nitrogens with one attached hydrogen (secondary N) is 9. The smallest absolute Gasteiger partial charge is 0.327 e. The van der Waals surface area contributed by atoms with Crippen LogP contribution in [0.25, 0.3) is 0 Å². The third kappa shape index (κ3) is 40.2. The number of aliphatic hydroxyl groups is 16. The molecule has 0 heterocycles. The Balaban J connectivity index is 7.60. The van der Waals surface area contributed by atoms with Crippen LogP contribution >= 0.6 is 43.2 Å². The van der Waals surface area contributed by atoms with Gasteiger partial charge in [0, 0.05) is 81.2 Å². The molecule has 0 saturated heterocycles. The van der Waals surface area contributed by atoms with E-state index in [1.165, 1.54) is 0 Å². The number of ether oxygens (including phenoxy) is 1. The first-order valence-corrected chi connectivity index (χ1v) is 36.2. The van der Waals surface area contributed by atoms with Gasteiger partial charge in [-0.1, -0.05) is 43.2 Å². The van der Waals surface area contributed by atoms with E-state index in [0.717, 1.165) is 43.2 Å². The lowest BCUT2D eigenvalue weighted by molar-refractivity contribution is -0.142. The molecule has 588 valence electrons. The summed E-state index contributed by atoms with van der Waals surface area (Å²) in [4.78, 5) is 172.